The highest BCUT2D eigenvalue weighted by Crippen LogP contribution is 2.34. The summed E-state index contributed by atoms with van der Waals surface area (Å²) in [6.45, 7) is 4.30. The topological polar surface area (TPSA) is 30.9 Å². The molecule has 3 aromatic carbocycles. The van der Waals surface area contributed by atoms with Gasteiger partial charge in [-0.15, -0.1) is 0 Å². The van der Waals surface area contributed by atoms with E-state index < -0.39 is 6.17 Å². The fourth-order valence-corrected chi connectivity index (χ4v) is 4.32. The van der Waals surface area contributed by atoms with Crippen LogP contribution in [0.3, 0.4) is 0 Å². The molecule has 0 aliphatic carbocycles. The number of benzene rings is 3. The zero-order valence-corrected chi connectivity index (χ0v) is 21.1. The van der Waals surface area contributed by atoms with Crippen LogP contribution in [0.15, 0.2) is 84.0 Å². The van der Waals surface area contributed by atoms with Crippen LogP contribution in [-0.4, -0.2) is 31.1 Å². The summed E-state index contributed by atoms with van der Waals surface area (Å²) >= 11 is 24.7. The molecule has 3 aromatic rings. The molecule has 1 unspecified atom stereocenters. The second-order valence-corrected chi connectivity index (χ2v) is 9.22. The lowest BCUT2D eigenvalue weighted by Crippen LogP contribution is -2.45. The maximum absolute atomic E-state index is 6.57. The highest BCUT2D eigenvalue weighted by atomic mass is 35.5. The smallest absolute Gasteiger partial charge is 0.175 e. The van der Waals surface area contributed by atoms with E-state index in [0.29, 0.717) is 25.9 Å². The van der Waals surface area contributed by atoms with E-state index in [2.05, 4.69) is 11.9 Å². The largest absolute Gasteiger partial charge is 0.345 e. The van der Waals surface area contributed by atoms with E-state index in [0.717, 1.165) is 28.2 Å². The minimum Gasteiger partial charge on any atom is -0.345 e. The van der Waals surface area contributed by atoms with E-state index in [4.69, 9.17) is 52.0 Å². The van der Waals surface area contributed by atoms with Gasteiger partial charge in [-0.25, -0.2) is 0 Å². The lowest BCUT2D eigenvalue weighted by Gasteiger charge is -2.28. The molecule has 4 nitrogen and oxygen atoms in total. The Bertz CT molecular complexity index is 1260. The van der Waals surface area contributed by atoms with E-state index in [1.54, 1.807) is 0 Å². The van der Waals surface area contributed by atoms with Gasteiger partial charge in [-0.1, -0.05) is 59.6 Å². The van der Waals surface area contributed by atoms with E-state index in [1.165, 1.54) is 0 Å². The lowest BCUT2D eigenvalue weighted by atomic mass is 10.00. The summed E-state index contributed by atoms with van der Waals surface area (Å²) in [5.41, 5.74) is 4.92. The molecule has 0 bridgehead atoms. The Labute approximate surface area is 214 Å². The number of aliphatic imine (C=N–C) groups is 1. The fraction of sp³-hybridized carbons (Fsp3) is 0.120. The van der Waals surface area contributed by atoms with Crippen molar-refractivity contribution in [3.05, 3.63) is 105 Å². The molecule has 1 aliphatic rings. The maximum atomic E-state index is 6.57. The molecule has 168 valence electrons. The van der Waals surface area contributed by atoms with Crippen LogP contribution in [0.1, 0.15) is 11.1 Å². The van der Waals surface area contributed by atoms with Gasteiger partial charge in [-0.3, -0.25) is 4.99 Å². The molecule has 1 heterocycles. The Morgan fingerprint density at radius 2 is 1.67 bits per heavy atom. The van der Waals surface area contributed by atoms with Crippen molar-refractivity contribution in [2.45, 2.75) is 6.17 Å². The summed E-state index contributed by atoms with van der Waals surface area (Å²) in [6, 6.07) is 20.7. The van der Waals surface area contributed by atoms with Gasteiger partial charge in [-0.2, -0.15) is 0 Å². The first-order valence-electron chi connectivity index (χ1n) is 10.1. The van der Waals surface area contributed by atoms with Crippen molar-refractivity contribution in [2.24, 2.45) is 4.99 Å². The highest BCUT2D eigenvalue weighted by molar-refractivity contribution is 7.80. The van der Waals surface area contributed by atoms with E-state index in [-0.39, 0.29) is 0 Å². The van der Waals surface area contributed by atoms with Gasteiger partial charge in [0.05, 0.1) is 17.1 Å². The number of halogens is 3. The van der Waals surface area contributed by atoms with Crippen molar-refractivity contribution < 1.29 is 0 Å². The Morgan fingerprint density at radius 1 is 1.00 bits per heavy atom. The number of rotatable bonds is 3. The third-order valence-corrected chi connectivity index (χ3v) is 6.70. The van der Waals surface area contributed by atoms with Gasteiger partial charge in [0.25, 0.3) is 0 Å². The molecule has 1 N–H and O–H groups in total. The lowest BCUT2D eigenvalue weighted by molar-refractivity contribution is 0.710. The quantitative estimate of drug-likeness (QED) is 0.389. The van der Waals surface area contributed by atoms with E-state index >= 15 is 0 Å². The molecule has 0 radical (unpaired) electrons. The number of fused-ring (bicyclic) bond motifs is 1. The fourth-order valence-electron chi connectivity index (χ4n) is 3.58. The molecule has 0 amide bonds. The van der Waals surface area contributed by atoms with Gasteiger partial charge in [0.1, 0.15) is 0 Å². The van der Waals surface area contributed by atoms with Gasteiger partial charge in [0.15, 0.2) is 11.3 Å². The number of thiocarbonyl (C=S) groups is 1. The van der Waals surface area contributed by atoms with Crippen LogP contribution in [0.2, 0.25) is 15.1 Å². The Balaban J connectivity index is 1.76. The number of hydrogen-bond donors (Lipinski definition) is 1. The Kier molecular flexibility index (Phi) is 6.96. The van der Waals surface area contributed by atoms with Gasteiger partial charge < -0.3 is 15.1 Å². The van der Waals surface area contributed by atoms with Crippen molar-refractivity contribution >= 4 is 69.2 Å². The minimum atomic E-state index is -0.533. The number of benzodiazepines with no additional fused rings is 1. The summed E-state index contributed by atoms with van der Waals surface area (Å²) in [6.07, 6.45) is -0.533. The van der Waals surface area contributed by atoms with Crippen LogP contribution in [-0.2, 0) is 0 Å². The van der Waals surface area contributed by atoms with Crippen molar-refractivity contribution in [1.29, 1.82) is 0 Å². The van der Waals surface area contributed by atoms with Crippen molar-refractivity contribution in [1.82, 2.24) is 5.32 Å². The van der Waals surface area contributed by atoms with Gasteiger partial charge in [0, 0.05) is 46.0 Å². The van der Waals surface area contributed by atoms with Crippen LogP contribution in [0.4, 0.5) is 11.4 Å². The summed E-state index contributed by atoms with van der Waals surface area (Å²) < 4.78 is 0. The van der Waals surface area contributed by atoms with Crippen LogP contribution in [0.5, 0.6) is 0 Å². The Hall–Kier alpha value is -2.57. The number of nitrogens with one attached hydrogen (secondary N) is 1. The molecule has 0 aromatic heterocycles. The average molecular weight is 516 g/mol. The van der Waals surface area contributed by atoms with Crippen molar-refractivity contribution in [3.63, 3.8) is 0 Å². The third-order valence-electron chi connectivity index (χ3n) is 5.49. The number of anilines is 2. The summed E-state index contributed by atoms with van der Waals surface area (Å²) in [5.74, 6) is 0. The standard InChI is InChI=1S/C25H21Cl3N4S/c1-15-24(30-25(33)32(3)18-11-8-16(26)9-12-18)29-23(19-6-4-5-7-21(19)28)20-14-17(27)10-13-22(20)31(15)2/h4-14,24H,1H2,2-3H3,(H,30,33). The molecule has 0 spiro atoms. The second kappa shape index (κ2) is 9.74. The van der Waals surface area contributed by atoms with Crippen LogP contribution in [0.25, 0.3) is 0 Å². The van der Waals surface area contributed by atoms with Gasteiger partial charge >= 0.3 is 0 Å². The molecule has 0 saturated carbocycles. The summed E-state index contributed by atoms with van der Waals surface area (Å²) in [5, 5.41) is 5.69. The van der Waals surface area contributed by atoms with Crippen LogP contribution < -0.4 is 15.1 Å². The predicted octanol–water partition coefficient (Wildman–Crippen LogP) is 6.78. The molecule has 8 heteroatoms. The summed E-state index contributed by atoms with van der Waals surface area (Å²) in [4.78, 5) is 8.88. The first-order valence-corrected chi connectivity index (χ1v) is 11.7. The molecular weight excluding hydrogens is 495 g/mol. The molecule has 1 atom stereocenters. The zero-order chi connectivity index (χ0) is 23.7. The minimum absolute atomic E-state index is 0.489. The second-order valence-electron chi connectivity index (χ2n) is 7.56. The average Bonchev–Trinajstić information content (AvgIpc) is 2.90. The van der Waals surface area contributed by atoms with Crippen LogP contribution >= 0.6 is 47.0 Å². The number of likely N-dealkylation sites (N-methyl/N-ethyl adjacent to an activating group) is 1. The van der Waals surface area contributed by atoms with E-state index in [9.17, 15) is 0 Å². The molecular formula is C25H21Cl3N4S. The summed E-state index contributed by atoms with van der Waals surface area (Å²) in [7, 11) is 3.83. The number of hydrogen-bond acceptors (Lipinski definition) is 3. The molecule has 0 fully saturated rings. The molecule has 33 heavy (non-hydrogen) atoms. The zero-order valence-electron chi connectivity index (χ0n) is 18.0. The van der Waals surface area contributed by atoms with Crippen molar-refractivity contribution in [2.75, 3.05) is 23.9 Å². The Morgan fingerprint density at radius 3 is 2.36 bits per heavy atom. The SMILES string of the molecule is C=C1C(NC(=S)N(C)c2ccc(Cl)cc2)N=C(c2ccccc2Cl)c2cc(Cl)ccc2N1C. The third kappa shape index (κ3) is 4.87. The van der Waals surface area contributed by atoms with Crippen molar-refractivity contribution in [3.8, 4) is 0 Å². The monoisotopic (exact) mass is 514 g/mol. The predicted molar refractivity (Wildman–Crippen MR) is 145 cm³/mol. The number of nitrogens with zero attached hydrogens (tertiary/aromatic N) is 3. The molecule has 1 aliphatic heterocycles. The van der Waals surface area contributed by atoms with Gasteiger partial charge in [0.2, 0.25) is 0 Å². The van der Waals surface area contributed by atoms with Gasteiger partial charge in [-0.05, 0) is 60.7 Å². The maximum Gasteiger partial charge on any atom is 0.175 e. The first kappa shape index (κ1) is 23.6. The van der Waals surface area contributed by atoms with E-state index in [1.807, 2.05) is 90.6 Å². The van der Waals surface area contributed by atoms with Crippen LogP contribution in [0, 0.1) is 0 Å². The molecule has 0 saturated heterocycles. The first-order chi connectivity index (χ1) is 15.8. The normalized spacial score (nSPS) is 15.4. The molecule has 4 rings (SSSR count). The highest BCUT2D eigenvalue weighted by Gasteiger charge is 2.28.